The van der Waals surface area contributed by atoms with Gasteiger partial charge in [-0.15, -0.1) is 0 Å². The highest BCUT2D eigenvalue weighted by Gasteiger charge is 2.12. The molecule has 0 saturated carbocycles. The molecule has 0 saturated heterocycles. The first-order valence-corrected chi connectivity index (χ1v) is 5.79. The maximum atomic E-state index is 13.3. The predicted octanol–water partition coefficient (Wildman–Crippen LogP) is 2.25. The zero-order valence-corrected chi connectivity index (χ0v) is 10.6. The Kier molecular flexibility index (Phi) is 4.90. The van der Waals surface area contributed by atoms with E-state index in [0.29, 0.717) is 18.5 Å². The number of nitrogens with two attached hydrogens (primary N) is 1. The Morgan fingerprint density at radius 3 is 2.82 bits per heavy atom. The predicted molar refractivity (Wildman–Crippen MR) is 66.7 cm³/mol. The third-order valence-electron chi connectivity index (χ3n) is 2.38. The maximum absolute atomic E-state index is 13.3. The van der Waals surface area contributed by atoms with Crippen LogP contribution in [0.4, 0.5) is 4.39 Å². The molecule has 0 aliphatic carbocycles. The van der Waals surface area contributed by atoms with Gasteiger partial charge in [0.1, 0.15) is 5.82 Å². The lowest BCUT2D eigenvalue weighted by molar-refractivity contribution is 0.0952. The number of rotatable bonds is 4. The topological polar surface area (TPSA) is 55.1 Å². The first-order valence-electron chi connectivity index (χ1n) is 5.41. The van der Waals surface area contributed by atoms with Gasteiger partial charge < -0.3 is 11.1 Å². The highest BCUT2D eigenvalue weighted by molar-refractivity contribution is 6.33. The fourth-order valence-corrected chi connectivity index (χ4v) is 1.63. The van der Waals surface area contributed by atoms with Crippen molar-refractivity contribution >= 4 is 17.5 Å². The average molecular weight is 259 g/mol. The van der Waals surface area contributed by atoms with Gasteiger partial charge in [0.25, 0.3) is 5.91 Å². The molecule has 1 atom stereocenters. The average Bonchev–Trinajstić information content (AvgIpc) is 2.22. The molecule has 0 aliphatic rings. The van der Waals surface area contributed by atoms with Crippen molar-refractivity contribution in [3.63, 3.8) is 0 Å². The van der Waals surface area contributed by atoms with Crippen molar-refractivity contribution in [1.29, 1.82) is 0 Å². The molecule has 1 aromatic carbocycles. The van der Waals surface area contributed by atoms with Gasteiger partial charge in [0.15, 0.2) is 0 Å². The fraction of sp³-hybridized carbons (Fsp3) is 0.417. The molecule has 0 spiro atoms. The molecule has 0 radical (unpaired) electrons. The van der Waals surface area contributed by atoms with E-state index in [0.717, 1.165) is 6.07 Å². The van der Waals surface area contributed by atoms with E-state index in [4.69, 9.17) is 17.3 Å². The normalized spacial score (nSPS) is 12.3. The van der Waals surface area contributed by atoms with Crippen LogP contribution < -0.4 is 11.1 Å². The van der Waals surface area contributed by atoms with Crippen LogP contribution in [0.5, 0.6) is 0 Å². The highest BCUT2D eigenvalue weighted by Crippen LogP contribution is 2.20. The molecule has 3 N–H and O–H groups in total. The summed E-state index contributed by atoms with van der Waals surface area (Å²) in [7, 11) is 0. The standard InChI is InChI=1S/C12H16ClFN2O/c1-7-5-10(13)9(6-11(7)14)12(17)16-4-3-8(2)15/h5-6,8H,3-4,15H2,1-2H3,(H,16,17). The van der Waals surface area contributed by atoms with Gasteiger partial charge in [-0.3, -0.25) is 4.79 Å². The number of halogens is 2. The van der Waals surface area contributed by atoms with Crippen LogP contribution in [0.25, 0.3) is 0 Å². The summed E-state index contributed by atoms with van der Waals surface area (Å²) < 4.78 is 13.3. The monoisotopic (exact) mass is 258 g/mol. The molecule has 1 unspecified atom stereocenters. The van der Waals surface area contributed by atoms with E-state index in [9.17, 15) is 9.18 Å². The van der Waals surface area contributed by atoms with Crippen LogP contribution in [-0.2, 0) is 0 Å². The van der Waals surface area contributed by atoms with Crippen LogP contribution in [0.1, 0.15) is 29.3 Å². The lowest BCUT2D eigenvalue weighted by Crippen LogP contribution is -2.29. The van der Waals surface area contributed by atoms with Crippen molar-refractivity contribution in [2.75, 3.05) is 6.54 Å². The molecule has 1 rings (SSSR count). The minimum absolute atomic E-state index is 0.0144. The summed E-state index contributed by atoms with van der Waals surface area (Å²) >= 11 is 5.89. The van der Waals surface area contributed by atoms with E-state index in [-0.39, 0.29) is 22.5 Å². The zero-order chi connectivity index (χ0) is 13.0. The number of carbonyl (C=O) groups is 1. The van der Waals surface area contributed by atoms with E-state index in [1.54, 1.807) is 6.92 Å². The Morgan fingerprint density at radius 2 is 2.24 bits per heavy atom. The van der Waals surface area contributed by atoms with Gasteiger partial charge in [0.2, 0.25) is 0 Å². The number of hydrogen-bond donors (Lipinski definition) is 2. The molecular formula is C12H16ClFN2O. The summed E-state index contributed by atoms with van der Waals surface area (Å²) in [5.74, 6) is -0.818. The van der Waals surface area contributed by atoms with Gasteiger partial charge in [-0.05, 0) is 38.0 Å². The van der Waals surface area contributed by atoms with Gasteiger partial charge in [0.05, 0.1) is 10.6 Å². The molecular weight excluding hydrogens is 243 g/mol. The fourth-order valence-electron chi connectivity index (χ4n) is 1.33. The number of benzene rings is 1. The maximum Gasteiger partial charge on any atom is 0.252 e. The Bertz CT molecular complexity index is 421. The molecule has 0 aromatic heterocycles. The lowest BCUT2D eigenvalue weighted by Gasteiger charge is -2.09. The largest absolute Gasteiger partial charge is 0.352 e. The summed E-state index contributed by atoms with van der Waals surface area (Å²) in [4.78, 5) is 11.7. The molecule has 17 heavy (non-hydrogen) atoms. The molecule has 3 nitrogen and oxygen atoms in total. The van der Waals surface area contributed by atoms with Gasteiger partial charge in [-0.1, -0.05) is 11.6 Å². The SMILES string of the molecule is Cc1cc(Cl)c(C(=O)NCCC(C)N)cc1F. The van der Waals surface area contributed by atoms with Crippen molar-refractivity contribution in [2.24, 2.45) is 5.73 Å². The number of carbonyl (C=O) groups excluding carboxylic acids is 1. The smallest absolute Gasteiger partial charge is 0.252 e. The Hall–Kier alpha value is -1.13. The second-order valence-electron chi connectivity index (χ2n) is 4.10. The molecule has 0 fully saturated rings. The summed E-state index contributed by atoms with van der Waals surface area (Å²) in [6.45, 7) is 3.89. The van der Waals surface area contributed by atoms with Crippen LogP contribution in [0.2, 0.25) is 5.02 Å². The third kappa shape index (κ3) is 3.98. The first kappa shape index (κ1) is 13.9. The van der Waals surface area contributed by atoms with Crippen molar-refractivity contribution in [3.05, 3.63) is 34.1 Å². The Morgan fingerprint density at radius 1 is 1.59 bits per heavy atom. The number of hydrogen-bond acceptors (Lipinski definition) is 2. The lowest BCUT2D eigenvalue weighted by atomic mass is 10.1. The molecule has 0 bridgehead atoms. The van der Waals surface area contributed by atoms with Gasteiger partial charge in [-0.2, -0.15) is 0 Å². The van der Waals surface area contributed by atoms with E-state index in [1.807, 2.05) is 6.92 Å². The summed E-state index contributed by atoms with van der Waals surface area (Å²) in [6.07, 6.45) is 0.664. The third-order valence-corrected chi connectivity index (χ3v) is 2.69. The van der Waals surface area contributed by atoms with Crippen LogP contribution in [-0.4, -0.2) is 18.5 Å². The van der Waals surface area contributed by atoms with Crippen LogP contribution in [0.3, 0.4) is 0 Å². The molecule has 1 amide bonds. The van der Waals surface area contributed by atoms with Crippen molar-refractivity contribution in [2.45, 2.75) is 26.3 Å². The van der Waals surface area contributed by atoms with Crippen molar-refractivity contribution < 1.29 is 9.18 Å². The number of nitrogens with one attached hydrogen (secondary N) is 1. The first-order chi connectivity index (χ1) is 7.91. The molecule has 0 heterocycles. The number of amides is 1. The van der Waals surface area contributed by atoms with E-state index < -0.39 is 5.82 Å². The van der Waals surface area contributed by atoms with Gasteiger partial charge in [-0.25, -0.2) is 4.39 Å². The Labute approximate surface area is 105 Å². The zero-order valence-electron chi connectivity index (χ0n) is 9.89. The second kappa shape index (κ2) is 5.98. The molecule has 94 valence electrons. The van der Waals surface area contributed by atoms with Gasteiger partial charge in [0, 0.05) is 12.6 Å². The van der Waals surface area contributed by atoms with Crippen molar-refractivity contribution in [3.8, 4) is 0 Å². The second-order valence-corrected chi connectivity index (χ2v) is 4.51. The summed E-state index contributed by atoms with van der Waals surface area (Å²) in [6, 6.07) is 2.61. The van der Waals surface area contributed by atoms with Crippen molar-refractivity contribution in [1.82, 2.24) is 5.32 Å². The van der Waals surface area contributed by atoms with Gasteiger partial charge >= 0.3 is 0 Å². The molecule has 1 aromatic rings. The Balaban J connectivity index is 2.72. The molecule has 5 heteroatoms. The minimum atomic E-state index is -0.438. The van der Waals surface area contributed by atoms with E-state index in [1.165, 1.54) is 6.07 Å². The number of aryl methyl sites for hydroxylation is 1. The summed E-state index contributed by atoms with van der Waals surface area (Å²) in [5, 5.41) is 2.90. The van der Waals surface area contributed by atoms with Crippen LogP contribution in [0, 0.1) is 12.7 Å². The van der Waals surface area contributed by atoms with Crippen LogP contribution >= 0.6 is 11.6 Å². The van der Waals surface area contributed by atoms with E-state index in [2.05, 4.69) is 5.32 Å². The highest BCUT2D eigenvalue weighted by atomic mass is 35.5. The summed E-state index contributed by atoms with van der Waals surface area (Å²) in [5.41, 5.74) is 6.12. The molecule has 0 aliphatic heterocycles. The van der Waals surface area contributed by atoms with E-state index >= 15 is 0 Å². The quantitative estimate of drug-likeness (QED) is 0.870. The van der Waals surface area contributed by atoms with Crippen LogP contribution in [0.15, 0.2) is 12.1 Å². The minimum Gasteiger partial charge on any atom is -0.352 e.